The smallest absolute Gasteiger partial charge is 0.191 e. The summed E-state index contributed by atoms with van der Waals surface area (Å²) >= 11 is 0. The van der Waals surface area contributed by atoms with E-state index in [1.807, 2.05) is 0 Å². The molecule has 1 aliphatic heterocycles. The van der Waals surface area contributed by atoms with Gasteiger partial charge in [-0.2, -0.15) is 0 Å². The number of ether oxygens (including phenoxy) is 2. The van der Waals surface area contributed by atoms with Crippen LogP contribution in [0.1, 0.15) is 36.5 Å². The molecule has 1 aromatic rings. The van der Waals surface area contributed by atoms with E-state index in [4.69, 9.17) is 9.47 Å². The lowest BCUT2D eigenvalue weighted by atomic mass is 10.1. The molecule has 0 aromatic heterocycles. The van der Waals surface area contributed by atoms with E-state index in [0.717, 1.165) is 25.9 Å². The van der Waals surface area contributed by atoms with Gasteiger partial charge >= 0.3 is 0 Å². The van der Waals surface area contributed by atoms with Crippen molar-refractivity contribution >= 4 is 5.78 Å². The number of benzene rings is 1. The van der Waals surface area contributed by atoms with Crippen molar-refractivity contribution in [3.05, 3.63) is 35.6 Å². The zero-order chi connectivity index (χ0) is 13.7. The van der Waals surface area contributed by atoms with Crippen LogP contribution in [-0.2, 0) is 9.47 Å². The Labute approximate surface area is 112 Å². The number of carbonyl (C=O) groups is 1. The average Bonchev–Trinajstić information content (AvgIpc) is 2.46. The van der Waals surface area contributed by atoms with E-state index in [9.17, 15) is 9.18 Å². The van der Waals surface area contributed by atoms with Crippen LogP contribution < -0.4 is 0 Å². The van der Waals surface area contributed by atoms with E-state index in [1.165, 1.54) is 24.3 Å². The fraction of sp³-hybridized carbons (Fsp3) is 0.533. The maximum absolute atomic E-state index is 12.8. The van der Waals surface area contributed by atoms with E-state index in [0.29, 0.717) is 12.2 Å². The Bertz CT molecular complexity index is 410. The molecular formula is C15H19FO3. The van der Waals surface area contributed by atoms with Gasteiger partial charge in [-0.3, -0.25) is 4.79 Å². The molecule has 1 fully saturated rings. The first-order valence-corrected chi connectivity index (χ1v) is 6.70. The van der Waals surface area contributed by atoms with Crippen molar-refractivity contribution in [1.29, 1.82) is 0 Å². The van der Waals surface area contributed by atoms with Gasteiger partial charge < -0.3 is 9.47 Å². The molecule has 0 bridgehead atoms. The van der Waals surface area contributed by atoms with Gasteiger partial charge in [-0.05, 0) is 50.5 Å². The molecule has 3 nitrogen and oxygen atoms in total. The lowest BCUT2D eigenvalue weighted by Gasteiger charge is -2.23. The lowest BCUT2D eigenvalue weighted by molar-refractivity contribution is -0.0526. The topological polar surface area (TPSA) is 35.5 Å². The molecule has 0 N–H and O–H groups in total. The summed E-state index contributed by atoms with van der Waals surface area (Å²) in [6, 6.07) is 5.53. The number of halogens is 1. The zero-order valence-electron chi connectivity index (χ0n) is 11.1. The van der Waals surface area contributed by atoms with Crippen LogP contribution in [0.4, 0.5) is 4.39 Å². The highest BCUT2D eigenvalue weighted by Gasteiger charge is 2.19. The Hall–Kier alpha value is -1.26. The van der Waals surface area contributed by atoms with Crippen LogP contribution in [0.15, 0.2) is 24.3 Å². The minimum absolute atomic E-state index is 0.0946. The van der Waals surface area contributed by atoms with Gasteiger partial charge in [0.1, 0.15) is 11.9 Å². The van der Waals surface area contributed by atoms with Crippen molar-refractivity contribution < 1.29 is 18.7 Å². The maximum atomic E-state index is 12.8. The van der Waals surface area contributed by atoms with Gasteiger partial charge in [0.15, 0.2) is 5.78 Å². The first kappa shape index (κ1) is 14.2. The van der Waals surface area contributed by atoms with Gasteiger partial charge in [-0.25, -0.2) is 4.39 Å². The van der Waals surface area contributed by atoms with Gasteiger partial charge in [0.25, 0.3) is 0 Å². The highest BCUT2D eigenvalue weighted by Crippen LogP contribution is 2.14. The fourth-order valence-corrected chi connectivity index (χ4v) is 2.12. The van der Waals surface area contributed by atoms with E-state index in [-0.39, 0.29) is 17.7 Å². The Morgan fingerprint density at radius 2 is 2.16 bits per heavy atom. The molecule has 1 heterocycles. The number of ketones is 1. The molecule has 1 aromatic carbocycles. The molecule has 104 valence electrons. The molecule has 19 heavy (non-hydrogen) atoms. The highest BCUT2D eigenvalue weighted by atomic mass is 19.1. The van der Waals surface area contributed by atoms with Crippen LogP contribution in [0.2, 0.25) is 0 Å². The summed E-state index contributed by atoms with van der Waals surface area (Å²) in [5.74, 6) is -0.475. The Morgan fingerprint density at radius 3 is 2.79 bits per heavy atom. The molecule has 4 heteroatoms. The van der Waals surface area contributed by atoms with Crippen molar-refractivity contribution in [1.82, 2.24) is 0 Å². The van der Waals surface area contributed by atoms with Crippen LogP contribution in [0, 0.1) is 5.82 Å². The van der Waals surface area contributed by atoms with Crippen molar-refractivity contribution in [3.8, 4) is 0 Å². The number of hydrogen-bond acceptors (Lipinski definition) is 3. The van der Waals surface area contributed by atoms with Gasteiger partial charge in [0.05, 0.1) is 12.7 Å². The van der Waals surface area contributed by atoms with Gasteiger partial charge in [-0.1, -0.05) is 0 Å². The largest absolute Gasteiger partial charge is 0.376 e. The second kappa shape index (κ2) is 6.78. The minimum Gasteiger partial charge on any atom is -0.376 e. The standard InChI is InChI=1S/C15H19FO3/c1-11(19-10-14-4-2-3-9-18-14)15(17)12-5-7-13(16)8-6-12/h5-8,11,14H,2-4,9-10H2,1H3. The molecule has 0 amide bonds. The molecule has 0 aliphatic carbocycles. The molecule has 0 spiro atoms. The lowest BCUT2D eigenvalue weighted by Crippen LogP contribution is -2.29. The number of hydrogen-bond donors (Lipinski definition) is 0. The molecule has 0 saturated carbocycles. The number of Topliss-reactive ketones (excluding diaryl/α,β-unsaturated/α-hetero) is 1. The summed E-state index contributed by atoms with van der Waals surface area (Å²) in [5, 5.41) is 0. The van der Waals surface area contributed by atoms with Crippen LogP contribution in [-0.4, -0.2) is 31.2 Å². The van der Waals surface area contributed by atoms with Crippen LogP contribution in [0.3, 0.4) is 0 Å². The summed E-state index contributed by atoms with van der Waals surface area (Å²) < 4.78 is 23.9. The van der Waals surface area contributed by atoms with E-state index >= 15 is 0 Å². The molecular weight excluding hydrogens is 247 g/mol. The van der Waals surface area contributed by atoms with Crippen molar-refractivity contribution in [2.75, 3.05) is 13.2 Å². The molecule has 1 saturated heterocycles. The predicted octanol–water partition coefficient (Wildman–Crippen LogP) is 2.98. The second-order valence-corrected chi connectivity index (χ2v) is 4.84. The fourth-order valence-electron chi connectivity index (χ4n) is 2.12. The Kier molecular flexibility index (Phi) is 5.05. The van der Waals surface area contributed by atoms with E-state index in [2.05, 4.69) is 0 Å². The molecule has 2 atom stereocenters. The van der Waals surface area contributed by atoms with Crippen LogP contribution >= 0.6 is 0 Å². The third-order valence-electron chi connectivity index (χ3n) is 3.30. The maximum Gasteiger partial charge on any atom is 0.191 e. The van der Waals surface area contributed by atoms with Crippen LogP contribution in [0.25, 0.3) is 0 Å². The normalized spacial score (nSPS) is 21.1. The summed E-state index contributed by atoms with van der Waals surface area (Å²) in [7, 11) is 0. The van der Waals surface area contributed by atoms with Gasteiger partial charge in [0, 0.05) is 12.2 Å². The second-order valence-electron chi connectivity index (χ2n) is 4.84. The van der Waals surface area contributed by atoms with E-state index < -0.39 is 6.10 Å². The highest BCUT2D eigenvalue weighted by molar-refractivity contribution is 5.99. The monoisotopic (exact) mass is 266 g/mol. The summed E-state index contributed by atoms with van der Waals surface area (Å²) in [4.78, 5) is 12.0. The van der Waals surface area contributed by atoms with Gasteiger partial charge in [0.2, 0.25) is 0 Å². The quantitative estimate of drug-likeness (QED) is 0.769. The first-order valence-electron chi connectivity index (χ1n) is 6.70. The molecule has 2 rings (SSSR count). The first-order chi connectivity index (χ1) is 9.16. The SMILES string of the molecule is CC(OCC1CCCCO1)C(=O)c1ccc(F)cc1. The Balaban J connectivity index is 1.83. The number of carbonyl (C=O) groups excluding carboxylic acids is 1. The van der Waals surface area contributed by atoms with Crippen molar-refractivity contribution in [2.45, 2.75) is 38.4 Å². The van der Waals surface area contributed by atoms with Crippen LogP contribution in [0.5, 0.6) is 0 Å². The summed E-state index contributed by atoms with van der Waals surface area (Å²) in [5.41, 5.74) is 0.471. The molecule has 0 radical (unpaired) electrons. The summed E-state index contributed by atoms with van der Waals surface area (Å²) in [6.45, 7) is 2.93. The van der Waals surface area contributed by atoms with Crippen molar-refractivity contribution in [3.63, 3.8) is 0 Å². The Morgan fingerprint density at radius 1 is 1.42 bits per heavy atom. The third kappa shape index (κ3) is 4.11. The third-order valence-corrected chi connectivity index (χ3v) is 3.30. The predicted molar refractivity (Wildman–Crippen MR) is 69.7 cm³/mol. The van der Waals surface area contributed by atoms with Crippen molar-refractivity contribution in [2.24, 2.45) is 0 Å². The summed E-state index contributed by atoms with van der Waals surface area (Å²) in [6.07, 6.45) is 2.79. The van der Waals surface area contributed by atoms with E-state index in [1.54, 1.807) is 6.92 Å². The molecule has 1 aliphatic rings. The average molecular weight is 266 g/mol. The zero-order valence-corrected chi connectivity index (χ0v) is 11.1. The van der Waals surface area contributed by atoms with Gasteiger partial charge in [-0.15, -0.1) is 0 Å². The number of rotatable bonds is 5. The minimum atomic E-state index is -0.531. The molecule has 2 unspecified atom stereocenters.